The molecular weight excluding hydrogens is 331 g/mol. The third kappa shape index (κ3) is 4.01. The average Bonchev–Trinajstić information content (AvgIpc) is 2.06. The van der Waals surface area contributed by atoms with Crippen LogP contribution in [-0.4, -0.2) is 12.6 Å². The van der Waals surface area contributed by atoms with Crippen molar-refractivity contribution in [3.63, 3.8) is 0 Å². The van der Waals surface area contributed by atoms with Crippen LogP contribution in [0.1, 0.15) is 5.56 Å². The monoisotopic (exact) mass is 345 g/mol. The minimum absolute atomic E-state index is 0. The zero-order chi connectivity index (χ0) is 8.10. The summed E-state index contributed by atoms with van der Waals surface area (Å²) in [6, 6.07) is 10.2. The fourth-order valence-electron chi connectivity index (χ4n) is 1.00. The van der Waals surface area contributed by atoms with Gasteiger partial charge in [0.05, 0.1) is 0 Å². The summed E-state index contributed by atoms with van der Waals surface area (Å²) in [4.78, 5) is 0. The van der Waals surface area contributed by atoms with Crippen molar-refractivity contribution in [2.24, 2.45) is 11.5 Å². The minimum Gasteiger partial charge on any atom is -0.329 e. The van der Waals surface area contributed by atoms with E-state index in [9.17, 15) is 0 Å². The van der Waals surface area contributed by atoms with Gasteiger partial charge in [-0.2, -0.15) is 0 Å². The van der Waals surface area contributed by atoms with Crippen LogP contribution in [0.3, 0.4) is 0 Å². The Balaban J connectivity index is 0.00000121. The summed E-state index contributed by atoms with van der Waals surface area (Å²) in [6.45, 7) is 0.550. The van der Waals surface area contributed by atoms with Crippen LogP contribution in [0.4, 0.5) is 0 Å². The van der Waals surface area contributed by atoms with Gasteiger partial charge in [-0.15, -0.1) is 0 Å². The summed E-state index contributed by atoms with van der Waals surface area (Å²) in [7, 11) is 0. The van der Waals surface area contributed by atoms with E-state index in [0.717, 1.165) is 6.42 Å². The molecule has 1 aromatic carbocycles. The molecule has 0 saturated heterocycles. The predicted molar refractivity (Wildman–Crippen MR) is 47.2 cm³/mol. The number of hydrogen-bond acceptors (Lipinski definition) is 2. The fourth-order valence-corrected chi connectivity index (χ4v) is 1.00. The van der Waals surface area contributed by atoms with Gasteiger partial charge in [0, 0.05) is 33.7 Å². The van der Waals surface area contributed by atoms with E-state index in [-0.39, 0.29) is 27.1 Å². The molecule has 0 heterocycles. The third-order valence-electron chi connectivity index (χ3n) is 1.64. The molecule has 4 N–H and O–H groups in total. The van der Waals surface area contributed by atoms with Gasteiger partial charge in [0.25, 0.3) is 0 Å². The second-order valence-electron chi connectivity index (χ2n) is 2.69. The molecule has 0 saturated carbocycles. The molecule has 12 heavy (non-hydrogen) atoms. The van der Waals surface area contributed by atoms with Gasteiger partial charge >= 0.3 is 0 Å². The van der Waals surface area contributed by atoms with Crippen molar-refractivity contribution in [3.05, 3.63) is 35.9 Å². The first-order valence-electron chi connectivity index (χ1n) is 3.82. The van der Waals surface area contributed by atoms with E-state index in [1.54, 1.807) is 0 Å². The summed E-state index contributed by atoms with van der Waals surface area (Å²) in [5.41, 5.74) is 12.3. The molecule has 0 radical (unpaired) electrons. The second kappa shape index (κ2) is 6.36. The number of rotatable bonds is 3. The van der Waals surface area contributed by atoms with Gasteiger partial charge in [-0.05, 0) is 12.0 Å². The molecule has 0 aliphatic heterocycles. The van der Waals surface area contributed by atoms with Crippen LogP contribution in [0.25, 0.3) is 0 Å². The van der Waals surface area contributed by atoms with Crippen molar-refractivity contribution in [1.29, 1.82) is 0 Å². The van der Waals surface area contributed by atoms with Crippen LogP contribution in [-0.2, 0) is 27.5 Å². The van der Waals surface area contributed by atoms with Crippen molar-refractivity contribution < 1.29 is 21.1 Å². The smallest absolute Gasteiger partial charge is 0.0203 e. The molecule has 0 spiro atoms. The quantitative estimate of drug-likeness (QED) is 0.839. The first-order valence-corrected chi connectivity index (χ1v) is 3.82. The zero-order valence-electron chi connectivity index (χ0n) is 6.85. The molecule has 70 valence electrons. The maximum absolute atomic E-state index is 5.68. The van der Waals surface area contributed by atoms with E-state index in [4.69, 9.17) is 11.5 Å². The first kappa shape index (κ1) is 11.8. The van der Waals surface area contributed by atoms with Gasteiger partial charge in [-0.1, -0.05) is 30.3 Å². The Kier molecular flexibility index (Phi) is 6.27. The van der Waals surface area contributed by atoms with E-state index >= 15 is 0 Å². The molecule has 2 nitrogen and oxygen atoms in total. The van der Waals surface area contributed by atoms with Crippen LogP contribution >= 0.6 is 0 Å². The second-order valence-corrected chi connectivity index (χ2v) is 2.69. The molecule has 0 aliphatic rings. The topological polar surface area (TPSA) is 52.0 Å². The third-order valence-corrected chi connectivity index (χ3v) is 1.64. The molecular formula is C9H14N2Pt. The molecule has 3 heteroatoms. The Labute approximate surface area is 87.6 Å². The zero-order valence-corrected chi connectivity index (χ0v) is 9.12. The van der Waals surface area contributed by atoms with E-state index in [0.29, 0.717) is 6.54 Å². The van der Waals surface area contributed by atoms with Gasteiger partial charge in [-0.25, -0.2) is 0 Å². The summed E-state index contributed by atoms with van der Waals surface area (Å²) >= 11 is 0. The number of nitrogens with two attached hydrogens (primary N) is 2. The summed E-state index contributed by atoms with van der Waals surface area (Å²) in [5.74, 6) is 0. The molecule has 1 atom stereocenters. The Morgan fingerprint density at radius 2 is 1.75 bits per heavy atom. The van der Waals surface area contributed by atoms with Crippen molar-refractivity contribution in [2.75, 3.05) is 6.54 Å². The van der Waals surface area contributed by atoms with Gasteiger partial charge in [0.1, 0.15) is 0 Å². The van der Waals surface area contributed by atoms with Crippen molar-refractivity contribution in [1.82, 2.24) is 0 Å². The Bertz CT molecular complexity index is 201. The van der Waals surface area contributed by atoms with Crippen LogP contribution in [0.2, 0.25) is 0 Å². The molecule has 1 rings (SSSR count). The molecule has 1 unspecified atom stereocenters. The van der Waals surface area contributed by atoms with Crippen molar-refractivity contribution in [2.45, 2.75) is 12.5 Å². The molecule has 1 aromatic rings. The Morgan fingerprint density at radius 1 is 1.17 bits per heavy atom. The number of hydrogen-bond donors (Lipinski definition) is 2. The largest absolute Gasteiger partial charge is 0.329 e. The fraction of sp³-hybridized carbons (Fsp3) is 0.333. The van der Waals surface area contributed by atoms with E-state index in [2.05, 4.69) is 12.1 Å². The Morgan fingerprint density at radius 3 is 2.25 bits per heavy atom. The van der Waals surface area contributed by atoms with Gasteiger partial charge in [-0.3, -0.25) is 0 Å². The summed E-state index contributed by atoms with van der Waals surface area (Å²) in [6.07, 6.45) is 0.872. The molecule has 0 bridgehead atoms. The number of benzene rings is 1. The van der Waals surface area contributed by atoms with Crippen LogP contribution in [0, 0.1) is 0 Å². The van der Waals surface area contributed by atoms with Gasteiger partial charge < -0.3 is 11.5 Å². The van der Waals surface area contributed by atoms with E-state index in [1.807, 2.05) is 18.2 Å². The van der Waals surface area contributed by atoms with Gasteiger partial charge in [0.2, 0.25) is 0 Å². The Hall–Kier alpha value is -0.172. The maximum Gasteiger partial charge on any atom is 0.0203 e. The summed E-state index contributed by atoms with van der Waals surface area (Å²) in [5, 5.41) is 0. The minimum atomic E-state index is 0. The molecule has 0 aliphatic carbocycles. The van der Waals surface area contributed by atoms with Crippen molar-refractivity contribution >= 4 is 0 Å². The standard InChI is InChI=1S/C9H14N2.Pt/c10-7-9(11)6-8-4-2-1-3-5-8;/h1-5,9H,6-7,10-11H2;. The summed E-state index contributed by atoms with van der Waals surface area (Å²) < 4.78 is 0. The van der Waals surface area contributed by atoms with Gasteiger partial charge in [0.15, 0.2) is 0 Å². The molecule has 0 amide bonds. The van der Waals surface area contributed by atoms with E-state index in [1.165, 1.54) is 5.56 Å². The first-order chi connectivity index (χ1) is 5.33. The molecule has 0 fully saturated rings. The maximum atomic E-state index is 5.68. The van der Waals surface area contributed by atoms with E-state index < -0.39 is 0 Å². The SMILES string of the molecule is NCC(N)Cc1ccccc1.[Pt]. The van der Waals surface area contributed by atoms with Crippen LogP contribution in [0.15, 0.2) is 30.3 Å². The van der Waals surface area contributed by atoms with Crippen LogP contribution in [0.5, 0.6) is 0 Å². The van der Waals surface area contributed by atoms with Crippen LogP contribution < -0.4 is 11.5 Å². The molecule has 0 aromatic heterocycles. The predicted octanol–water partition coefficient (Wildman–Crippen LogP) is 0.513. The van der Waals surface area contributed by atoms with Crippen molar-refractivity contribution in [3.8, 4) is 0 Å². The normalized spacial score (nSPS) is 11.8. The average molecular weight is 345 g/mol.